The van der Waals surface area contributed by atoms with Crippen molar-refractivity contribution in [2.45, 2.75) is 37.9 Å². The molecule has 4 rings (SSSR count). The lowest BCUT2D eigenvalue weighted by Crippen LogP contribution is -2.40. The maximum Gasteiger partial charge on any atom is 0.262 e. The molecule has 29 heavy (non-hydrogen) atoms. The standard InChI is InChI=1S/C20H25N5O3S/c1-2-9-24-18(27)15-6-3-4-7-16(15)25-19(24)21-22-20(25)29-14-5-8-17(26)23-10-12-28-13-11-23/h3-4,6-7H,2,5,8-14H2,1H3. The number of hydrogen-bond acceptors (Lipinski definition) is 6. The van der Waals surface area contributed by atoms with Crippen molar-refractivity contribution in [1.29, 1.82) is 0 Å². The molecule has 1 aromatic carbocycles. The summed E-state index contributed by atoms with van der Waals surface area (Å²) in [6, 6.07) is 7.56. The van der Waals surface area contributed by atoms with Crippen LogP contribution in [0.5, 0.6) is 0 Å². The van der Waals surface area contributed by atoms with Gasteiger partial charge in [-0.3, -0.25) is 18.6 Å². The summed E-state index contributed by atoms with van der Waals surface area (Å²) >= 11 is 1.57. The molecule has 0 spiro atoms. The van der Waals surface area contributed by atoms with Gasteiger partial charge in [-0.1, -0.05) is 30.8 Å². The van der Waals surface area contributed by atoms with Gasteiger partial charge in [0.15, 0.2) is 5.16 Å². The van der Waals surface area contributed by atoms with Crippen LogP contribution in [0.4, 0.5) is 0 Å². The Labute approximate surface area is 172 Å². The molecule has 9 heteroatoms. The summed E-state index contributed by atoms with van der Waals surface area (Å²) in [5, 5.41) is 10.1. The lowest BCUT2D eigenvalue weighted by Gasteiger charge is -2.26. The minimum absolute atomic E-state index is 0.0324. The average molecular weight is 416 g/mol. The van der Waals surface area contributed by atoms with Crippen molar-refractivity contribution in [2.75, 3.05) is 32.1 Å². The van der Waals surface area contributed by atoms with E-state index in [9.17, 15) is 9.59 Å². The number of thioether (sulfide) groups is 1. The normalized spacial score (nSPS) is 14.7. The Morgan fingerprint density at radius 3 is 2.79 bits per heavy atom. The number of nitrogens with zero attached hydrogens (tertiary/aromatic N) is 5. The molecule has 1 fully saturated rings. The van der Waals surface area contributed by atoms with Gasteiger partial charge in [0, 0.05) is 31.8 Å². The van der Waals surface area contributed by atoms with Crippen LogP contribution in [-0.2, 0) is 16.1 Å². The van der Waals surface area contributed by atoms with E-state index in [1.54, 1.807) is 16.3 Å². The second kappa shape index (κ2) is 8.96. The topological polar surface area (TPSA) is 81.7 Å². The van der Waals surface area contributed by atoms with Crippen LogP contribution in [0.25, 0.3) is 16.7 Å². The first-order valence-corrected chi connectivity index (χ1v) is 11.0. The van der Waals surface area contributed by atoms with Gasteiger partial charge in [-0.25, -0.2) is 0 Å². The van der Waals surface area contributed by atoms with Crippen molar-refractivity contribution in [3.8, 4) is 0 Å². The van der Waals surface area contributed by atoms with E-state index in [-0.39, 0.29) is 11.5 Å². The first-order chi connectivity index (χ1) is 14.2. The second-order valence-electron chi connectivity index (χ2n) is 7.04. The number of para-hydroxylation sites is 1. The zero-order chi connectivity index (χ0) is 20.2. The SMILES string of the molecule is CCCn1c(=O)c2ccccc2n2c(SCCCC(=O)N3CCOCC3)nnc12. The van der Waals surface area contributed by atoms with Gasteiger partial charge in [0.05, 0.1) is 24.1 Å². The molecule has 1 aliphatic heterocycles. The van der Waals surface area contributed by atoms with Crippen molar-refractivity contribution in [3.63, 3.8) is 0 Å². The van der Waals surface area contributed by atoms with Crippen LogP contribution in [-0.4, -0.2) is 62.0 Å². The minimum Gasteiger partial charge on any atom is -0.378 e. The Kier molecular flexibility index (Phi) is 6.15. The Morgan fingerprint density at radius 1 is 1.21 bits per heavy atom. The van der Waals surface area contributed by atoms with E-state index in [0.717, 1.165) is 29.3 Å². The maximum atomic E-state index is 12.9. The summed E-state index contributed by atoms with van der Waals surface area (Å²) in [5.74, 6) is 1.52. The molecule has 1 amide bonds. The number of fused-ring (bicyclic) bond motifs is 3. The van der Waals surface area contributed by atoms with Crippen LogP contribution in [0.2, 0.25) is 0 Å². The fraction of sp³-hybridized carbons (Fsp3) is 0.500. The van der Waals surface area contributed by atoms with Crippen LogP contribution in [0.15, 0.2) is 34.2 Å². The fourth-order valence-corrected chi connectivity index (χ4v) is 4.49. The van der Waals surface area contributed by atoms with Gasteiger partial charge in [-0.15, -0.1) is 10.2 Å². The average Bonchev–Trinajstić information content (AvgIpc) is 3.18. The predicted molar refractivity (Wildman–Crippen MR) is 112 cm³/mol. The van der Waals surface area contributed by atoms with Crippen molar-refractivity contribution in [3.05, 3.63) is 34.6 Å². The first kappa shape index (κ1) is 19.9. The minimum atomic E-state index is -0.0324. The van der Waals surface area contributed by atoms with Gasteiger partial charge in [-0.05, 0) is 25.0 Å². The molecule has 0 radical (unpaired) electrons. The van der Waals surface area contributed by atoms with Gasteiger partial charge in [0.1, 0.15) is 0 Å². The third-order valence-electron chi connectivity index (χ3n) is 5.06. The molecular weight excluding hydrogens is 390 g/mol. The predicted octanol–water partition coefficient (Wildman–Crippen LogP) is 2.19. The van der Waals surface area contributed by atoms with E-state index < -0.39 is 0 Å². The summed E-state index contributed by atoms with van der Waals surface area (Å²) in [5.41, 5.74) is 0.784. The summed E-state index contributed by atoms with van der Waals surface area (Å²) in [7, 11) is 0. The number of ether oxygens (including phenoxy) is 1. The molecule has 2 aromatic heterocycles. The van der Waals surface area contributed by atoms with Crippen LogP contribution in [0.1, 0.15) is 26.2 Å². The molecule has 1 saturated heterocycles. The van der Waals surface area contributed by atoms with Gasteiger partial charge >= 0.3 is 0 Å². The van der Waals surface area contributed by atoms with E-state index in [0.29, 0.717) is 50.4 Å². The first-order valence-electron chi connectivity index (χ1n) is 10.1. The maximum absolute atomic E-state index is 12.9. The van der Waals surface area contributed by atoms with Crippen molar-refractivity contribution in [1.82, 2.24) is 24.1 Å². The highest BCUT2D eigenvalue weighted by Crippen LogP contribution is 2.22. The molecule has 0 aliphatic carbocycles. The van der Waals surface area contributed by atoms with E-state index >= 15 is 0 Å². The third-order valence-corrected chi connectivity index (χ3v) is 6.07. The Morgan fingerprint density at radius 2 is 2.00 bits per heavy atom. The highest BCUT2D eigenvalue weighted by Gasteiger charge is 2.18. The van der Waals surface area contributed by atoms with E-state index in [1.165, 1.54) is 0 Å². The largest absolute Gasteiger partial charge is 0.378 e. The summed E-state index contributed by atoms with van der Waals surface area (Å²) in [6.45, 7) is 5.25. The quantitative estimate of drug-likeness (QED) is 0.435. The Balaban J connectivity index is 1.52. The zero-order valence-electron chi connectivity index (χ0n) is 16.5. The number of rotatable bonds is 7. The molecule has 0 atom stereocenters. The van der Waals surface area contributed by atoms with Crippen molar-refractivity contribution < 1.29 is 9.53 Å². The van der Waals surface area contributed by atoms with Crippen LogP contribution in [0.3, 0.4) is 0 Å². The molecule has 0 bridgehead atoms. The Hall–Kier alpha value is -2.39. The van der Waals surface area contributed by atoms with Crippen LogP contribution < -0.4 is 5.56 Å². The fourth-order valence-electron chi connectivity index (χ4n) is 3.61. The lowest BCUT2D eigenvalue weighted by atomic mass is 10.2. The Bertz CT molecular complexity index is 1070. The summed E-state index contributed by atoms with van der Waals surface area (Å²) < 4.78 is 8.95. The highest BCUT2D eigenvalue weighted by molar-refractivity contribution is 7.99. The molecule has 1 aliphatic rings. The molecule has 154 valence electrons. The summed E-state index contributed by atoms with van der Waals surface area (Å²) in [4.78, 5) is 27.0. The third kappa shape index (κ3) is 4.02. The molecule has 8 nitrogen and oxygen atoms in total. The number of aryl methyl sites for hydroxylation is 1. The van der Waals surface area contributed by atoms with E-state index in [4.69, 9.17) is 4.74 Å². The number of benzene rings is 1. The number of amides is 1. The van der Waals surface area contributed by atoms with Crippen molar-refractivity contribution in [2.24, 2.45) is 0 Å². The van der Waals surface area contributed by atoms with Crippen molar-refractivity contribution >= 4 is 34.3 Å². The second-order valence-corrected chi connectivity index (χ2v) is 8.10. The summed E-state index contributed by atoms with van der Waals surface area (Å²) in [6.07, 6.45) is 2.13. The molecule has 0 unspecified atom stereocenters. The van der Waals surface area contributed by atoms with Gasteiger partial charge in [0.2, 0.25) is 11.7 Å². The number of morpholine rings is 1. The molecule has 3 heterocycles. The number of aromatic nitrogens is 4. The van der Waals surface area contributed by atoms with Gasteiger partial charge in [0.25, 0.3) is 5.56 Å². The zero-order valence-corrected chi connectivity index (χ0v) is 17.4. The number of hydrogen-bond donors (Lipinski definition) is 0. The molecule has 0 N–H and O–H groups in total. The van der Waals surface area contributed by atoms with Gasteiger partial charge < -0.3 is 9.64 Å². The smallest absolute Gasteiger partial charge is 0.262 e. The van der Waals surface area contributed by atoms with Gasteiger partial charge in [-0.2, -0.15) is 0 Å². The molecular formula is C20H25N5O3S. The molecule has 0 saturated carbocycles. The number of carbonyl (C=O) groups excluding carboxylic acids is 1. The van der Waals surface area contributed by atoms with E-state index in [2.05, 4.69) is 10.2 Å². The number of carbonyl (C=O) groups is 1. The lowest BCUT2D eigenvalue weighted by molar-refractivity contribution is -0.135. The molecule has 3 aromatic rings. The monoisotopic (exact) mass is 415 g/mol. The van der Waals surface area contributed by atoms with Crippen LogP contribution in [0, 0.1) is 0 Å². The highest BCUT2D eigenvalue weighted by atomic mass is 32.2. The van der Waals surface area contributed by atoms with Crippen LogP contribution >= 0.6 is 11.8 Å². The van der Waals surface area contributed by atoms with E-state index in [1.807, 2.05) is 40.5 Å².